The van der Waals surface area contributed by atoms with Crippen LogP contribution in [0.5, 0.6) is 5.88 Å². The molecule has 10 heteroatoms. The largest absolute Gasteiger partial charge is 0.478 e. The first-order valence-electron chi connectivity index (χ1n) is 10.2. The molecule has 0 radical (unpaired) electrons. The Morgan fingerprint density at radius 2 is 1.75 bits per heavy atom. The minimum Gasteiger partial charge on any atom is -0.478 e. The Bertz CT molecular complexity index is 1210. The summed E-state index contributed by atoms with van der Waals surface area (Å²) in [6.45, 7) is 8.00. The zero-order valence-corrected chi connectivity index (χ0v) is 19.2. The van der Waals surface area contributed by atoms with E-state index in [0.29, 0.717) is 23.5 Å². The fourth-order valence-corrected chi connectivity index (χ4v) is 4.72. The van der Waals surface area contributed by atoms with Crippen molar-refractivity contribution >= 4 is 20.9 Å². The summed E-state index contributed by atoms with van der Waals surface area (Å²) >= 11 is 0. The van der Waals surface area contributed by atoms with Crippen LogP contribution in [0.2, 0.25) is 0 Å². The van der Waals surface area contributed by atoms with Gasteiger partial charge < -0.3 is 9.30 Å². The van der Waals surface area contributed by atoms with E-state index >= 15 is 0 Å². The Balaban J connectivity index is 2.04. The molecule has 0 atom stereocenters. The molecule has 2 heterocycles. The van der Waals surface area contributed by atoms with Crippen molar-refractivity contribution in [3.63, 3.8) is 0 Å². The minimum atomic E-state index is -4.23. The lowest BCUT2D eigenvalue weighted by Crippen LogP contribution is -2.20. The van der Waals surface area contributed by atoms with E-state index in [1.54, 1.807) is 17.6 Å². The van der Waals surface area contributed by atoms with Crippen molar-refractivity contribution in [1.82, 2.24) is 14.5 Å². The predicted octanol–water partition coefficient (Wildman–Crippen LogP) is 5.30. The molecule has 0 N–H and O–H groups in total. The van der Waals surface area contributed by atoms with Gasteiger partial charge in [0.2, 0.25) is 15.7 Å². The maximum absolute atomic E-state index is 13.2. The van der Waals surface area contributed by atoms with Crippen molar-refractivity contribution < 1.29 is 26.3 Å². The first-order valence-corrected chi connectivity index (χ1v) is 11.7. The summed E-state index contributed by atoms with van der Waals surface area (Å²) in [5.74, 6) is 0.811. The number of aryl methyl sites for hydroxylation is 1. The first kappa shape index (κ1) is 24.0. The summed E-state index contributed by atoms with van der Waals surface area (Å²) < 4.78 is 71.3. The summed E-state index contributed by atoms with van der Waals surface area (Å²) in [6, 6.07) is 7.26. The number of nitrogens with zero attached hydrogens (tertiary/aromatic N) is 3. The van der Waals surface area contributed by atoms with Crippen LogP contribution in [0.1, 0.15) is 46.4 Å². The van der Waals surface area contributed by atoms with Gasteiger partial charge in [-0.2, -0.15) is 13.2 Å². The van der Waals surface area contributed by atoms with Crippen LogP contribution in [-0.2, 0) is 21.8 Å². The highest BCUT2D eigenvalue weighted by atomic mass is 32.2. The monoisotopic (exact) mass is 469 g/mol. The normalized spacial score (nSPS) is 13.0. The summed E-state index contributed by atoms with van der Waals surface area (Å²) in [5.41, 5.74) is 0.580. The topological polar surface area (TPSA) is 74.1 Å². The third-order valence-corrected chi connectivity index (χ3v) is 6.60. The number of benzene rings is 1. The third kappa shape index (κ3) is 5.23. The Kier molecular flexibility index (Phi) is 6.55. The molecule has 32 heavy (non-hydrogen) atoms. The third-order valence-electron chi connectivity index (χ3n) is 4.85. The molecule has 0 bridgehead atoms. The number of aromatic nitrogens is 3. The lowest BCUT2D eigenvalue weighted by atomic mass is 9.95. The second kappa shape index (κ2) is 8.73. The quantitative estimate of drug-likeness (QED) is 0.469. The van der Waals surface area contributed by atoms with E-state index in [1.807, 2.05) is 20.8 Å². The van der Waals surface area contributed by atoms with Crippen LogP contribution < -0.4 is 4.74 Å². The van der Waals surface area contributed by atoms with E-state index in [0.717, 1.165) is 0 Å². The summed E-state index contributed by atoms with van der Waals surface area (Å²) in [4.78, 5) is 8.66. The van der Waals surface area contributed by atoms with Crippen molar-refractivity contribution in [3.05, 3.63) is 42.4 Å². The van der Waals surface area contributed by atoms with Crippen LogP contribution >= 0.6 is 0 Å². The number of alkyl halides is 3. The van der Waals surface area contributed by atoms with Gasteiger partial charge in [0.25, 0.3) is 0 Å². The van der Waals surface area contributed by atoms with E-state index in [1.165, 1.54) is 30.5 Å². The van der Waals surface area contributed by atoms with Crippen LogP contribution in [0.4, 0.5) is 13.2 Å². The van der Waals surface area contributed by atoms with E-state index in [2.05, 4.69) is 9.97 Å². The minimum absolute atomic E-state index is 0.0379. The lowest BCUT2D eigenvalue weighted by molar-refractivity contribution is -0.135. The number of fused-ring (bicyclic) bond motifs is 1. The molecular formula is C22H26F3N3O3S. The molecular weight excluding hydrogens is 443 g/mol. The van der Waals surface area contributed by atoms with E-state index in [4.69, 9.17) is 4.74 Å². The molecule has 3 aromatic rings. The highest BCUT2D eigenvalue weighted by Gasteiger charge is 2.28. The molecule has 174 valence electrons. The average molecular weight is 470 g/mol. The number of imidazole rings is 1. The van der Waals surface area contributed by atoms with E-state index < -0.39 is 27.8 Å². The number of ether oxygens (including phenoxy) is 1. The predicted molar refractivity (Wildman–Crippen MR) is 115 cm³/mol. The summed E-state index contributed by atoms with van der Waals surface area (Å²) in [5, 5.41) is 0. The number of sulfone groups is 1. The smallest absolute Gasteiger partial charge is 0.389 e. The van der Waals surface area contributed by atoms with Gasteiger partial charge >= 0.3 is 6.18 Å². The van der Waals surface area contributed by atoms with Gasteiger partial charge in [-0.25, -0.2) is 18.4 Å². The zero-order valence-electron chi connectivity index (χ0n) is 18.4. The van der Waals surface area contributed by atoms with Crippen molar-refractivity contribution in [3.8, 4) is 5.88 Å². The van der Waals surface area contributed by atoms with Crippen LogP contribution in [-0.4, -0.2) is 35.7 Å². The van der Waals surface area contributed by atoms with Crippen LogP contribution in [0.25, 0.3) is 11.0 Å². The SMILES string of the molecule is CCOc1cc(S(=O)(=O)c2ccc3c(c2)nc(C(C)(C)C)n3CCCC(F)(F)F)ccn1. The molecule has 0 aliphatic rings. The second-order valence-electron chi connectivity index (χ2n) is 8.47. The van der Waals surface area contributed by atoms with Gasteiger partial charge in [0.05, 0.1) is 27.4 Å². The van der Waals surface area contributed by atoms with Gasteiger partial charge in [-0.05, 0) is 37.6 Å². The lowest BCUT2D eigenvalue weighted by Gasteiger charge is -2.20. The summed E-state index contributed by atoms with van der Waals surface area (Å²) in [7, 11) is -3.86. The molecule has 0 aliphatic heterocycles. The van der Waals surface area contributed by atoms with Crippen molar-refractivity contribution in [1.29, 1.82) is 0 Å². The fourth-order valence-electron chi connectivity index (χ4n) is 3.43. The van der Waals surface area contributed by atoms with Crippen LogP contribution in [0.15, 0.2) is 46.3 Å². The van der Waals surface area contributed by atoms with Crippen molar-refractivity contribution in [2.24, 2.45) is 0 Å². The van der Waals surface area contributed by atoms with E-state index in [9.17, 15) is 21.6 Å². The average Bonchev–Trinajstić information content (AvgIpc) is 3.06. The van der Waals surface area contributed by atoms with Crippen LogP contribution in [0, 0.1) is 0 Å². The van der Waals surface area contributed by atoms with Crippen molar-refractivity contribution in [2.45, 2.75) is 68.5 Å². The van der Waals surface area contributed by atoms with Crippen LogP contribution in [0.3, 0.4) is 0 Å². The molecule has 2 aromatic heterocycles. The highest BCUT2D eigenvalue weighted by Crippen LogP contribution is 2.31. The molecule has 0 unspecified atom stereocenters. The van der Waals surface area contributed by atoms with Gasteiger partial charge in [0.15, 0.2) is 0 Å². The fraction of sp³-hybridized carbons (Fsp3) is 0.455. The van der Waals surface area contributed by atoms with Gasteiger partial charge in [0.1, 0.15) is 5.82 Å². The molecule has 3 rings (SSSR count). The van der Waals surface area contributed by atoms with Crippen molar-refractivity contribution in [2.75, 3.05) is 6.61 Å². The Labute approximate surface area is 185 Å². The molecule has 0 spiro atoms. The molecule has 0 saturated heterocycles. The summed E-state index contributed by atoms with van der Waals surface area (Å²) in [6.07, 6.45) is -3.85. The number of hydrogen-bond donors (Lipinski definition) is 0. The Morgan fingerprint density at radius 3 is 2.38 bits per heavy atom. The van der Waals surface area contributed by atoms with Gasteiger partial charge in [-0.3, -0.25) is 0 Å². The van der Waals surface area contributed by atoms with Gasteiger partial charge in [-0.15, -0.1) is 0 Å². The maximum Gasteiger partial charge on any atom is 0.389 e. The molecule has 0 fully saturated rings. The number of pyridine rings is 1. The Morgan fingerprint density at radius 1 is 1.06 bits per heavy atom. The molecule has 0 aliphatic carbocycles. The first-order chi connectivity index (χ1) is 14.8. The number of hydrogen-bond acceptors (Lipinski definition) is 5. The molecule has 0 amide bonds. The number of halogens is 3. The molecule has 6 nitrogen and oxygen atoms in total. The zero-order chi connectivity index (χ0) is 23.7. The van der Waals surface area contributed by atoms with Gasteiger partial charge in [-0.1, -0.05) is 20.8 Å². The number of rotatable bonds is 7. The highest BCUT2D eigenvalue weighted by molar-refractivity contribution is 7.91. The van der Waals surface area contributed by atoms with Gasteiger partial charge in [0, 0.05) is 30.6 Å². The standard InChI is InChI=1S/C22H26F3N3O3S/c1-5-31-19-14-16(9-11-26-19)32(29,30)15-7-8-18-17(13-15)27-20(21(2,3)4)28(18)12-6-10-22(23,24)25/h7-9,11,13-14H,5-6,10,12H2,1-4H3. The maximum atomic E-state index is 13.2. The molecule has 1 aromatic carbocycles. The Hall–Kier alpha value is -2.62. The molecule has 0 saturated carbocycles. The second-order valence-corrected chi connectivity index (χ2v) is 10.4. The van der Waals surface area contributed by atoms with E-state index in [-0.39, 0.29) is 28.6 Å².